The minimum atomic E-state index is 0.353. The van der Waals surface area contributed by atoms with Crippen molar-refractivity contribution in [3.05, 3.63) is 35.9 Å². The summed E-state index contributed by atoms with van der Waals surface area (Å²) in [6, 6.07) is 11.4. The summed E-state index contributed by atoms with van der Waals surface area (Å²) in [6.07, 6.45) is 8.76. The fraction of sp³-hybridized carbons (Fsp3) is 0.684. The van der Waals surface area contributed by atoms with Crippen LogP contribution in [0, 0.1) is 5.41 Å². The third kappa shape index (κ3) is 9.21. The Labute approximate surface area is 136 Å². The van der Waals surface area contributed by atoms with Gasteiger partial charge in [-0.15, -0.1) is 0 Å². The van der Waals surface area contributed by atoms with Crippen LogP contribution in [0.25, 0.3) is 0 Å². The standard InChI is InChI=1S/C19H33NS/c1-19(2,3)16-18(17-12-8-7-9-13-17)20-14-10-5-6-11-15-21-4/h7-9,12-13,18,20H,5-6,10-11,14-16H2,1-4H3. The van der Waals surface area contributed by atoms with Crippen LogP contribution < -0.4 is 5.32 Å². The van der Waals surface area contributed by atoms with Gasteiger partial charge in [0.05, 0.1) is 0 Å². The van der Waals surface area contributed by atoms with Gasteiger partial charge in [-0.05, 0) is 48.8 Å². The van der Waals surface area contributed by atoms with E-state index < -0.39 is 0 Å². The Hall–Kier alpha value is -0.470. The van der Waals surface area contributed by atoms with Crippen LogP contribution in [0.4, 0.5) is 0 Å². The molecule has 0 aromatic heterocycles. The number of rotatable bonds is 10. The molecule has 0 fully saturated rings. The molecule has 0 amide bonds. The highest BCUT2D eigenvalue weighted by molar-refractivity contribution is 7.98. The number of hydrogen-bond acceptors (Lipinski definition) is 2. The van der Waals surface area contributed by atoms with Crippen molar-refractivity contribution in [3.63, 3.8) is 0 Å². The van der Waals surface area contributed by atoms with E-state index in [2.05, 4.69) is 62.7 Å². The molecule has 1 atom stereocenters. The zero-order valence-corrected chi connectivity index (χ0v) is 15.1. The molecule has 0 heterocycles. The fourth-order valence-corrected chi connectivity index (χ4v) is 3.10. The van der Waals surface area contributed by atoms with Gasteiger partial charge in [0, 0.05) is 6.04 Å². The first kappa shape index (κ1) is 18.6. The van der Waals surface area contributed by atoms with Gasteiger partial charge in [0.25, 0.3) is 0 Å². The van der Waals surface area contributed by atoms with E-state index in [1.807, 2.05) is 11.8 Å². The normalized spacial score (nSPS) is 13.3. The maximum atomic E-state index is 3.78. The second kappa shape index (κ2) is 10.3. The van der Waals surface area contributed by atoms with Gasteiger partial charge in [-0.25, -0.2) is 0 Å². The van der Waals surface area contributed by atoms with Crippen molar-refractivity contribution in [3.8, 4) is 0 Å². The maximum Gasteiger partial charge on any atom is 0.0325 e. The van der Waals surface area contributed by atoms with Gasteiger partial charge in [0.2, 0.25) is 0 Å². The number of nitrogens with one attached hydrogen (secondary N) is 1. The molecule has 1 aromatic rings. The molecule has 0 saturated heterocycles. The van der Waals surface area contributed by atoms with Crippen LogP contribution in [-0.4, -0.2) is 18.6 Å². The Morgan fingerprint density at radius 1 is 1.00 bits per heavy atom. The van der Waals surface area contributed by atoms with Gasteiger partial charge in [0.1, 0.15) is 0 Å². The second-order valence-electron chi connectivity index (χ2n) is 7.09. The van der Waals surface area contributed by atoms with E-state index in [4.69, 9.17) is 0 Å². The van der Waals surface area contributed by atoms with Crippen LogP contribution in [0.3, 0.4) is 0 Å². The summed E-state index contributed by atoms with van der Waals surface area (Å²) < 4.78 is 0. The number of hydrogen-bond donors (Lipinski definition) is 1. The van der Waals surface area contributed by atoms with E-state index in [1.54, 1.807) is 0 Å². The molecular formula is C19H33NS. The van der Waals surface area contributed by atoms with E-state index in [-0.39, 0.29) is 0 Å². The topological polar surface area (TPSA) is 12.0 Å². The summed E-state index contributed by atoms with van der Waals surface area (Å²) in [4.78, 5) is 0. The largest absolute Gasteiger partial charge is 0.310 e. The fourth-order valence-electron chi connectivity index (χ4n) is 2.61. The molecule has 0 aliphatic heterocycles. The predicted octanol–water partition coefficient (Wildman–Crippen LogP) is 5.68. The Morgan fingerprint density at radius 2 is 1.67 bits per heavy atom. The Bertz CT molecular complexity index is 356. The van der Waals surface area contributed by atoms with Gasteiger partial charge in [-0.3, -0.25) is 0 Å². The van der Waals surface area contributed by atoms with Crippen LogP contribution >= 0.6 is 11.8 Å². The lowest BCUT2D eigenvalue weighted by Crippen LogP contribution is -2.26. The molecule has 1 rings (SSSR count). The maximum absolute atomic E-state index is 3.78. The molecule has 1 unspecified atom stereocenters. The highest BCUT2D eigenvalue weighted by Gasteiger charge is 2.19. The number of benzene rings is 1. The monoisotopic (exact) mass is 307 g/mol. The molecule has 1 nitrogen and oxygen atoms in total. The summed E-state index contributed by atoms with van der Waals surface area (Å²) in [7, 11) is 0. The van der Waals surface area contributed by atoms with Gasteiger partial charge < -0.3 is 5.32 Å². The molecule has 0 spiro atoms. The molecule has 2 heteroatoms. The average Bonchev–Trinajstić information content (AvgIpc) is 2.45. The highest BCUT2D eigenvalue weighted by Crippen LogP contribution is 2.29. The smallest absolute Gasteiger partial charge is 0.0325 e. The molecular weight excluding hydrogens is 274 g/mol. The van der Waals surface area contributed by atoms with E-state index in [0.717, 1.165) is 6.54 Å². The molecule has 21 heavy (non-hydrogen) atoms. The van der Waals surface area contributed by atoms with Crippen molar-refractivity contribution in [2.75, 3.05) is 18.6 Å². The first-order valence-corrected chi connectivity index (χ1v) is 9.69. The molecule has 0 radical (unpaired) electrons. The SMILES string of the molecule is CSCCCCCCNC(CC(C)(C)C)c1ccccc1. The van der Waals surface area contributed by atoms with E-state index in [1.165, 1.54) is 43.4 Å². The lowest BCUT2D eigenvalue weighted by Gasteiger charge is -2.27. The molecule has 0 saturated carbocycles. The molecule has 1 N–H and O–H groups in total. The number of thioether (sulfide) groups is 1. The molecule has 0 aliphatic rings. The van der Waals surface area contributed by atoms with Gasteiger partial charge in [0.15, 0.2) is 0 Å². The quantitative estimate of drug-likeness (QED) is 0.558. The molecule has 0 aliphatic carbocycles. The second-order valence-corrected chi connectivity index (χ2v) is 8.07. The Balaban J connectivity index is 2.37. The molecule has 0 bridgehead atoms. The zero-order chi connectivity index (χ0) is 15.6. The molecule has 1 aromatic carbocycles. The van der Waals surface area contributed by atoms with Gasteiger partial charge in [-0.1, -0.05) is 63.9 Å². The summed E-state index contributed by atoms with van der Waals surface area (Å²) in [5.74, 6) is 1.31. The van der Waals surface area contributed by atoms with E-state index in [0.29, 0.717) is 11.5 Å². The Morgan fingerprint density at radius 3 is 2.29 bits per heavy atom. The zero-order valence-electron chi connectivity index (χ0n) is 14.3. The van der Waals surface area contributed by atoms with E-state index in [9.17, 15) is 0 Å². The lowest BCUT2D eigenvalue weighted by molar-refractivity contribution is 0.310. The van der Waals surface area contributed by atoms with Crippen molar-refractivity contribution >= 4 is 11.8 Å². The van der Waals surface area contributed by atoms with E-state index >= 15 is 0 Å². The highest BCUT2D eigenvalue weighted by atomic mass is 32.2. The third-order valence-electron chi connectivity index (χ3n) is 3.68. The van der Waals surface area contributed by atoms with Gasteiger partial charge >= 0.3 is 0 Å². The van der Waals surface area contributed by atoms with Crippen LogP contribution in [0.15, 0.2) is 30.3 Å². The summed E-state index contributed by atoms with van der Waals surface area (Å²) in [5, 5.41) is 3.78. The average molecular weight is 308 g/mol. The summed E-state index contributed by atoms with van der Waals surface area (Å²) in [5.41, 5.74) is 1.78. The van der Waals surface area contributed by atoms with Crippen molar-refractivity contribution in [2.45, 2.75) is 58.9 Å². The van der Waals surface area contributed by atoms with Crippen LogP contribution in [0.2, 0.25) is 0 Å². The minimum absolute atomic E-state index is 0.353. The van der Waals surface area contributed by atoms with Crippen LogP contribution in [0.5, 0.6) is 0 Å². The molecule has 120 valence electrons. The van der Waals surface area contributed by atoms with Crippen molar-refractivity contribution < 1.29 is 0 Å². The number of unbranched alkanes of at least 4 members (excludes halogenated alkanes) is 3. The minimum Gasteiger partial charge on any atom is -0.310 e. The third-order valence-corrected chi connectivity index (χ3v) is 4.38. The summed E-state index contributed by atoms with van der Waals surface area (Å²) in [6.45, 7) is 8.11. The van der Waals surface area contributed by atoms with Crippen molar-refractivity contribution in [1.82, 2.24) is 5.32 Å². The first-order chi connectivity index (χ1) is 10.0. The van der Waals surface area contributed by atoms with Gasteiger partial charge in [-0.2, -0.15) is 11.8 Å². The Kier molecular flexibility index (Phi) is 9.10. The van der Waals surface area contributed by atoms with Crippen LogP contribution in [0.1, 0.15) is 64.5 Å². The van der Waals surface area contributed by atoms with Crippen molar-refractivity contribution in [1.29, 1.82) is 0 Å². The predicted molar refractivity (Wildman–Crippen MR) is 98.1 cm³/mol. The summed E-state index contributed by atoms with van der Waals surface area (Å²) >= 11 is 1.96. The van der Waals surface area contributed by atoms with Crippen LogP contribution in [-0.2, 0) is 0 Å². The first-order valence-electron chi connectivity index (χ1n) is 8.30. The van der Waals surface area contributed by atoms with Crippen molar-refractivity contribution in [2.24, 2.45) is 5.41 Å². The lowest BCUT2D eigenvalue weighted by atomic mass is 9.85.